The molecule has 3 rings (SSSR count). The Labute approximate surface area is 136 Å². The largest absolute Gasteiger partial charge is 0.313 e. The monoisotopic (exact) mass is 319 g/mol. The Hall–Kier alpha value is -0.830. The number of rotatable bonds is 6. The van der Waals surface area contributed by atoms with Crippen LogP contribution in [0.25, 0.3) is 0 Å². The molecular weight excluding hydrogens is 298 g/mol. The zero-order valence-corrected chi connectivity index (χ0v) is 14.0. The van der Waals surface area contributed by atoms with Crippen molar-refractivity contribution in [3.63, 3.8) is 0 Å². The lowest BCUT2D eigenvalue weighted by atomic mass is 9.59. The van der Waals surface area contributed by atoms with Crippen LogP contribution in [0.2, 0.25) is 4.34 Å². The molecule has 1 atom stereocenters. The predicted molar refractivity (Wildman–Crippen MR) is 92.5 cm³/mol. The summed E-state index contributed by atoms with van der Waals surface area (Å²) in [6.45, 7) is 3.21. The second-order valence-corrected chi connectivity index (χ2v) is 7.70. The topological polar surface area (TPSA) is 12.0 Å². The van der Waals surface area contributed by atoms with E-state index in [0.29, 0.717) is 11.5 Å². The third-order valence-electron chi connectivity index (χ3n) is 4.75. The molecule has 0 spiro atoms. The van der Waals surface area contributed by atoms with Crippen molar-refractivity contribution in [2.75, 3.05) is 6.54 Å². The molecule has 1 saturated carbocycles. The summed E-state index contributed by atoms with van der Waals surface area (Å²) in [5, 5.41) is 3.75. The molecule has 0 saturated heterocycles. The molecule has 21 heavy (non-hydrogen) atoms. The fourth-order valence-electron chi connectivity index (χ4n) is 3.54. The van der Waals surface area contributed by atoms with Gasteiger partial charge in [-0.25, -0.2) is 0 Å². The fourth-order valence-corrected chi connectivity index (χ4v) is 4.67. The van der Waals surface area contributed by atoms with Crippen molar-refractivity contribution in [2.45, 2.75) is 44.1 Å². The zero-order valence-electron chi connectivity index (χ0n) is 12.4. The highest BCUT2D eigenvalue weighted by Crippen LogP contribution is 2.47. The number of likely N-dealkylation sites (N-methyl/N-ethyl adjacent to an activating group) is 1. The highest BCUT2D eigenvalue weighted by Gasteiger charge is 2.44. The Kier molecular flexibility index (Phi) is 4.68. The third kappa shape index (κ3) is 3.03. The van der Waals surface area contributed by atoms with E-state index in [4.69, 9.17) is 11.6 Å². The van der Waals surface area contributed by atoms with E-state index in [9.17, 15) is 0 Å². The third-order valence-corrected chi connectivity index (χ3v) is 6.00. The molecule has 1 heterocycles. The molecule has 1 aromatic carbocycles. The number of thiophene rings is 1. The first-order valence-corrected chi connectivity index (χ1v) is 8.97. The molecule has 0 aliphatic heterocycles. The molecule has 1 N–H and O–H groups in total. The molecule has 1 aliphatic carbocycles. The molecule has 1 fully saturated rings. The molecule has 3 heteroatoms. The van der Waals surface area contributed by atoms with Crippen LogP contribution in [0.3, 0.4) is 0 Å². The van der Waals surface area contributed by atoms with Gasteiger partial charge in [0.1, 0.15) is 0 Å². The Morgan fingerprint density at radius 2 is 1.95 bits per heavy atom. The van der Waals surface area contributed by atoms with E-state index in [1.165, 1.54) is 29.7 Å². The van der Waals surface area contributed by atoms with Crippen molar-refractivity contribution in [3.05, 3.63) is 57.2 Å². The van der Waals surface area contributed by atoms with Gasteiger partial charge in [-0.15, -0.1) is 11.3 Å². The summed E-state index contributed by atoms with van der Waals surface area (Å²) in [5.74, 6) is 0. The average molecular weight is 320 g/mol. The van der Waals surface area contributed by atoms with E-state index in [2.05, 4.69) is 48.6 Å². The summed E-state index contributed by atoms with van der Waals surface area (Å²) in [6, 6.07) is 15.7. The first kappa shape index (κ1) is 15.1. The van der Waals surface area contributed by atoms with Crippen LogP contribution in [0.4, 0.5) is 0 Å². The maximum absolute atomic E-state index is 6.10. The molecule has 0 radical (unpaired) electrons. The van der Waals surface area contributed by atoms with Crippen LogP contribution >= 0.6 is 22.9 Å². The number of hydrogen-bond donors (Lipinski definition) is 1. The summed E-state index contributed by atoms with van der Waals surface area (Å²) < 4.78 is 0.891. The van der Waals surface area contributed by atoms with Crippen LogP contribution < -0.4 is 5.32 Å². The van der Waals surface area contributed by atoms with Gasteiger partial charge in [0.2, 0.25) is 0 Å². The summed E-state index contributed by atoms with van der Waals surface area (Å²) in [6.07, 6.45) is 4.98. The second kappa shape index (κ2) is 6.51. The van der Waals surface area contributed by atoms with Crippen molar-refractivity contribution in [3.8, 4) is 0 Å². The lowest BCUT2D eigenvalue weighted by molar-refractivity contribution is 0.170. The molecule has 1 nitrogen and oxygen atoms in total. The molecule has 0 amide bonds. The van der Waals surface area contributed by atoms with Gasteiger partial charge in [0.25, 0.3) is 0 Å². The minimum Gasteiger partial charge on any atom is -0.313 e. The Bertz CT molecular complexity index is 574. The van der Waals surface area contributed by atoms with Crippen molar-refractivity contribution < 1.29 is 0 Å². The first-order valence-electron chi connectivity index (χ1n) is 7.78. The van der Waals surface area contributed by atoms with Crippen molar-refractivity contribution >= 4 is 22.9 Å². The van der Waals surface area contributed by atoms with Crippen LogP contribution in [0.1, 0.15) is 36.6 Å². The minimum absolute atomic E-state index is 0.299. The molecule has 1 aromatic heterocycles. The maximum atomic E-state index is 6.10. The highest BCUT2D eigenvalue weighted by molar-refractivity contribution is 7.16. The van der Waals surface area contributed by atoms with E-state index in [-0.39, 0.29) is 0 Å². The number of hydrogen-bond acceptors (Lipinski definition) is 2. The lowest BCUT2D eigenvalue weighted by Gasteiger charge is -2.49. The molecule has 1 unspecified atom stereocenters. The van der Waals surface area contributed by atoms with Gasteiger partial charge in [0, 0.05) is 16.3 Å². The van der Waals surface area contributed by atoms with Crippen molar-refractivity contribution in [1.29, 1.82) is 0 Å². The number of nitrogens with one attached hydrogen (secondary N) is 1. The van der Waals surface area contributed by atoms with Crippen LogP contribution in [0.15, 0.2) is 42.5 Å². The molecular formula is C18H22ClNS. The summed E-state index contributed by atoms with van der Waals surface area (Å²) in [5.41, 5.74) is 1.79. The van der Waals surface area contributed by atoms with Gasteiger partial charge in [-0.05, 0) is 43.5 Å². The van der Waals surface area contributed by atoms with Crippen LogP contribution in [0, 0.1) is 0 Å². The van der Waals surface area contributed by atoms with Crippen LogP contribution in [-0.2, 0) is 11.8 Å². The van der Waals surface area contributed by atoms with Crippen molar-refractivity contribution in [2.24, 2.45) is 0 Å². The van der Waals surface area contributed by atoms with Gasteiger partial charge in [-0.1, -0.05) is 55.3 Å². The van der Waals surface area contributed by atoms with E-state index >= 15 is 0 Å². The minimum atomic E-state index is 0.299. The lowest BCUT2D eigenvalue weighted by Crippen LogP contribution is -2.53. The van der Waals surface area contributed by atoms with Gasteiger partial charge >= 0.3 is 0 Å². The smallest absolute Gasteiger partial charge is 0.0931 e. The van der Waals surface area contributed by atoms with Gasteiger partial charge in [0.05, 0.1) is 4.34 Å². The SMILES string of the molecule is CCNC(Cc1ccc(Cl)s1)C1(c2ccccc2)CCC1. The zero-order chi connectivity index (χ0) is 14.7. The van der Waals surface area contributed by atoms with Gasteiger partial charge in [-0.3, -0.25) is 0 Å². The van der Waals surface area contributed by atoms with E-state index < -0.39 is 0 Å². The molecule has 0 bridgehead atoms. The molecule has 112 valence electrons. The molecule has 1 aliphatic rings. The summed E-state index contributed by atoms with van der Waals surface area (Å²) in [4.78, 5) is 1.38. The van der Waals surface area contributed by atoms with Crippen LogP contribution in [-0.4, -0.2) is 12.6 Å². The summed E-state index contributed by atoms with van der Waals surface area (Å²) in [7, 11) is 0. The Morgan fingerprint density at radius 3 is 2.48 bits per heavy atom. The van der Waals surface area contributed by atoms with Gasteiger partial charge in [0.15, 0.2) is 0 Å². The van der Waals surface area contributed by atoms with Gasteiger partial charge in [-0.2, -0.15) is 0 Å². The highest BCUT2D eigenvalue weighted by atomic mass is 35.5. The van der Waals surface area contributed by atoms with E-state index in [0.717, 1.165) is 17.3 Å². The first-order chi connectivity index (χ1) is 10.2. The molecule has 2 aromatic rings. The Morgan fingerprint density at radius 1 is 1.19 bits per heavy atom. The quantitative estimate of drug-likeness (QED) is 0.786. The summed E-state index contributed by atoms with van der Waals surface area (Å²) >= 11 is 7.81. The average Bonchev–Trinajstić information content (AvgIpc) is 2.84. The Balaban J connectivity index is 1.87. The van der Waals surface area contributed by atoms with E-state index in [1.54, 1.807) is 11.3 Å². The normalized spacial score (nSPS) is 18.2. The van der Waals surface area contributed by atoms with Gasteiger partial charge < -0.3 is 5.32 Å². The maximum Gasteiger partial charge on any atom is 0.0931 e. The second-order valence-electron chi connectivity index (χ2n) is 5.90. The van der Waals surface area contributed by atoms with Crippen molar-refractivity contribution in [1.82, 2.24) is 5.32 Å². The fraction of sp³-hybridized carbons (Fsp3) is 0.444. The number of benzene rings is 1. The van der Waals surface area contributed by atoms with E-state index in [1.807, 2.05) is 6.07 Å². The predicted octanol–water partition coefficient (Wildman–Crippen LogP) is 5.04. The standard InChI is InChI=1S/C18H22ClNS/c1-2-20-16(13-15-9-10-17(19)21-15)18(11-6-12-18)14-7-4-3-5-8-14/h3-5,7-10,16,20H,2,6,11-13H2,1H3. The van der Waals surface area contributed by atoms with Crippen LogP contribution in [0.5, 0.6) is 0 Å². The number of halogens is 1.